The van der Waals surface area contributed by atoms with Crippen molar-refractivity contribution >= 4 is 11.9 Å². The van der Waals surface area contributed by atoms with Gasteiger partial charge in [0.25, 0.3) is 5.91 Å². The van der Waals surface area contributed by atoms with Crippen molar-refractivity contribution in [3.63, 3.8) is 0 Å². The van der Waals surface area contributed by atoms with Crippen molar-refractivity contribution in [2.75, 3.05) is 39.8 Å². The summed E-state index contributed by atoms with van der Waals surface area (Å²) in [6, 6.07) is 3.39. The number of carbonyl (C=O) groups excluding carboxylic acids is 2. The molecule has 0 saturated heterocycles. The molecule has 134 valence electrons. The maximum Gasteiger partial charge on any atom is 0.310 e. The molecule has 0 aliphatic rings. The lowest BCUT2D eigenvalue weighted by Gasteiger charge is -2.26. The molecular formula is C18H29N3O3. The second-order valence-electron chi connectivity index (χ2n) is 5.79. The number of nitrogens with zero attached hydrogens (tertiary/aromatic N) is 3. The minimum atomic E-state index is -0.353. The third kappa shape index (κ3) is 6.28. The van der Waals surface area contributed by atoms with Crippen molar-refractivity contribution in [1.29, 1.82) is 0 Å². The predicted octanol–water partition coefficient (Wildman–Crippen LogP) is 2.06. The van der Waals surface area contributed by atoms with Crippen LogP contribution >= 0.6 is 0 Å². The summed E-state index contributed by atoms with van der Waals surface area (Å²) in [5, 5.41) is 0. The van der Waals surface area contributed by atoms with Gasteiger partial charge in [0.05, 0.1) is 13.0 Å². The lowest BCUT2D eigenvalue weighted by Crippen LogP contribution is -2.39. The number of rotatable bonds is 10. The van der Waals surface area contributed by atoms with E-state index in [4.69, 9.17) is 4.74 Å². The van der Waals surface area contributed by atoms with E-state index in [1.165, 1.54) is 7.11 Å². The lowest BCUT2D eigenvalue weighted by atomic mass is 10.1. The molecule has 0 spiro atoms. The summed E-state index contributed by atoms with van der Waals surface area (Å²) in [6.45, 7) is 9.92. The zero-order valence-corrected chi connectivity index (χ0v) is 15.2. The van der Waals surface area contributed by atoms with Crippen LogP contribution in [0.1, 0.15) is 37.6 Å². The molecule has 1 unspecified atom stereocenters. The number of carbonyl (C=O) groups is 2. The van der Waals surface area contributed by atoms with E-state index in [9.17, 15) is 9.59 Å². The van der Waals surface area contributed by atoms with Crippen molar-refractivity contribution in [2.24, 2.45) is 5.92 Å². The van der Waals surface area contributed by atoms with Crippen LogP contribution in [0.25, 0.3) is 0 Å². The van der Waals surface area contributed by atoms with E-state index in [0.717, 1.165) is 26.1 Å². The third-order valence-corrected chi connectivity index (χ3v) is 4.11. The summed E-state index contributed by atoms with van der Waals surface area (Å²) < 4.78 is 4.78. The summed E-state index contributed by atoms with van der Waals surface area (Å²) in [5.74, 6) is -0.729. The molecule has 1 amide bonds. The number of pyridine rings is 1. The number of methoxy groups -OCH3 is 1. The van der Waals surface area contributed by atoms with Gasteiger partial charge >= 0.3 is 5.97 Å². The Kier molecular flexibility index (Phi) is 9.01. The average Bonchev–Trinajstić information content (AvgIpc) is 2.63. The number of hydrogen-bond acceptors (Lipinski definition) is 5. The fraction of sp³-hybridized carbons (Fsp3) is 0.611. The van der Waals surface area contributed by atoms with Crippen LogP contribution in [0.3, 0.4) is 0 Å². The third-order valence-electron chi connectivity index (χ3n) is 4.11. The number of hydrogen-bond donors (Lipinski definition) is 0. The zero-order valence-electron chi connectivity index (χ0n) is 15.2. The van der Waals surface area contributed by atoms with Crippen LogP contribution in [0.4, 0.5) is 0 Å². The molecule has 1 aromatic rings. The molecule has 0 saturated carbocycles. The fourth-order valence-corrected chi connectivity index (χ4v) is 2.58. The summed E-state index contributed by atoms with van der Waals surface area (Å²) in [5.41, 5.74) is 0.588. The van der Waals surface area contributed by atoms with Gasteiger partial charge in [-0.1, -0.05) is 20.8 Å². The highest BCUT2D eigenvalue weighted by molar-refractivity contribution is 5.94. The Labute approximate surface area is 144 Å². The highest BCUT2D eigenvalue weighted by Gasteiger charge is 2.22. The molecule has 0 radical (unpaired) electrons. The van der Waals surface area contributed by atoms with E-state index in [-0.39, 0.29) is 17.8 Å². The number of ether oxygens (including phenoxy) is 1. The quantitative estimate of drug-likeness (QED) is 0.613. The molecule has 6 heteroatoms. The van der Waals surface area contributed by atoms with E-state index in [1.807, 2.05) is 0 Å². The topological polar surface area (TPSA) is 62.7 Å². The number of esters is 1. The van der Waals surface area contributed by atoms with Crippen LogP contribution in [0.15, 0.2) is 24.5 Å². The van der Waals surface area contributed by atoms with Gasteiger partial charge in [-0.05, 0) is 38.2 Å². The van der Waals surface area contributed by atoms with Crippen LogP contribution in [0.2, 0.25) is 0 Å². The minimum Gasteiger partial charge on any atom is -0.469 e. The second kappa shape index (κ2) is 10.8. The molecule has 1 atom stereocenters. The summed E-state index contributed by atoms with van der Waals surface area (Å²) in [7, 11) is 1.37. The SMILES string of the molecule is CCN(CC)CCCN(CC(C)C(=O)OC)C(=O)c1ccncc1. The van der Waals surface area contributed by atoms with Gasteiger partial charge in [-0.2, -0.15) is 0 Å². The molecule has 24 heavy (non-hydrogen) atoms. The van der Waals surface area contributed by atoms with Gasteiger partial charge < -0.3 is 14.5 Å². The molecular weight excluding hydrogens is 306 g/mol. The van der Waals surface area contributed by atoms with Crippen LogP contribution < -0.4 is 0 Å². The molecule has 0 aliphatic carbocycles. The number of aromatic nitrogens is 1. The fourth-order valence-electron chi connectivity index (χ4n) is 2.58. The van der Waals surface area contributed by atoms with Crippen molar-refractivity contribution < 1.29 is 14.3 Å². The minimum absolute atomic E-state index is 0.0762. The van der Waals surface area contributed by atoms with Gasteiger partial charge in [-0.15, -0.1) is 0 Å². The van der Waals surface area contributed by atoms with E-state index in [2.05, 4.69) is 23.7 Å². The molecule has 1 rings (SSSR count). The monoisotopic (exact) mass is 335 g/mol. The number of amides is 1. The van der Waals surface area contributed by atoms with E-state index < -0.39 is 0 Å². The van der Waals surface area contributed by atoms with Crippen molar-refractivity contribution in [1.82, 2.24) is 14.8 Å². The molecule has 0 aliphatic heterocycles. The summed E-state index contributed by atoms with van der Waals surface area (Å²) in [6.07, 6.45) is 4.07. The van der Waals surface area contributed by atoms with Gasteiger partial charge in [0.2, 0.25) is 0 Å². The van der Waals surface area contributed by atoms with Crippen LogP contribution in [-0.4, -0.2) is 66.5 Å². The predicted molar refractivity (Wildman–Crippen MR) is 93.7 cm³/mol. The molecule has 1 heterocycles. The first-order valence-electron chi connectivity index (χ1n) is 8.52. The Hall–Kier alpha value is -1.95. The van der Waals surface area contributed by atoms with Crippen LogP contribution in [-0.2, 0) is 9.53 Å². The van der Waals surface area contributed by atoms with Crippen LogP contribution in [0, 0.1) is 5.92 Å². The largest absolute Gasteiger partial charge is 0.469 e. The molecule has 1 aromatic heterocycles. The molecule has 0 bridgehead atoms. The van der Waals surface area contributed by atoms with Crippen molar-refractivity contribution in [2.45, 2.75) is 27.2 Å². The highest BCUT2D eigenvalue weighted by atomic mass is 16.5. The maximum atomic E-state index is 12.7. The first-order valence-corrected chi connectivity index (χ1v) is 8.52. The van der Waals surface area contributed by atoms with E-state index >= 15 is 0 Å². The Balaban J connectivity index is 2.75. The van der Waals surface area contributed by atoms with E-state index in [0.29, 0.717) is 18.7 Å². The van der Waals surface area contributed by atoms with Gasteiger partial charge in [-0.25, -0.2) is 0 Å². The smallest absolute Gasteiger partial charge is 0.310 e. The zero-order chi connectivity index (χ0) is 17.9. The standard InChI is InChI=1S/C18H29N3O3/c1-5-20(6-2)12-7-13-21(14-15(3)18(23)24-4)17(22)16-8-10-19-11-9-16/h8-11,15H,5-7,12-14H2,1-4H3. The Morgan fingerprint density at radius 1 is 1.17 bits per heavy atom. The molecule has 0 N–H and O–H groups in total. The van der Waals surface area contributed by atoms with Crippen LogP contribution in [0.5, 0.6) is 0 Å². The maximum absolute atomic E-state index is 12.7. The molecule has 0 aromatic carbocycles. The van der Waals surface area contributed by atoms with Gasteiger partial charge in [0.15, 0.2) is 0 Å². The first-order chi connectivity index (χ1) is 11.5. The highest BCUT2D eigenvalue weighted by Crippen LogP contribution is 2.09. The Morgan fingerprint density at radius 3 is 2.33 bits per heavy atom. The van der Waals surface area contributed by atoms with Gasteiger partial charge in [0, 0.05) is 31.0 Å². The molecule has 6 nitrogen and oxygen atoms in total. The normalized spacial score (nSPS) is 12.0. The second-order valence-corrected chi connectivity index (χ2v) is 5.79. The summed E-state index contributed by atoms with van der Waals surface area (Å²) in [4.78, 5) is 32.4. The Morgan fingerprint density at radius 2 is 1.79 bits per heavy atom. The Bertz CT molecular complexity index is 503. The van der Waals surface area contributed by atoms with Crippen molar-refractivity contribution in [3.8, 4) is 0 Å². The molecule has 0 fully saturated rings. The van der Waals surface area contributed by atoms with Gasteiger partial charge in [-0.3, -0.25) is 14.6 Å². The van der Waals surface area contributed by atoms with E-state index in [1.54, 1.807) is 36.4 Å². The average molecular weight is 335 g/mol. The van der Waals surface area contributed by atoms with Crippen molar-refractivity contribution in [3.05, 3.63) is 30.1 Å². The first kappa shape index (κ1) is 20.1. The lowest BCUT2D eigenvalue weighted by molar-refractivity contribution is -0.145. The van der Waals surface area contributed by atoms with Gasteiger partial charge in [0.1, 0.15) is 0 Å². The summed E-state index contributed by atoms with van der Waals surface area (Å²) >= 11 is 0.